The molecule has 0 amide bonds. The minimum absolute atomic E-state index is 0.0735. The van der Waals surface area contributed by atoms with Gasteiger partial charge in [0.2, 0.25) is 0 Å². The Morgan fingerprint density at radius 1 is 1.06 bits per heavy atom. The van der Waals surface area contributed by atoms with Crippen LogP contribution < -0.4 is 5.56 Å². The molecule has 5 rings (SSSR count). The Bertz CT molecular complexity index is 1500. The summed E-state index contributed by atoms with van der Waals surface area (Å²) in [6.45, 7) is 7.79. The van der Waals surface area contributed by atoms with Crippen molar-refractivity contribution in [2.24, 2.45) is 0 Å². The number of hydrogen-bond donors (Lipinski definition) is 1. The zero-order chi connectivity index (χ0) is 25.1. The topological polar surface area (TPSA) is 92.8 Å². The highest BCUT2D eigenvalue weighted by Gasteiger charge is 2.26. The first-order valence-electron chi connectivity index (χ1n) is 12.2. The Balaban J connectivity index is 1.53. The predicted molar refractivity (Wildman–Crippen MR) is 138 cm³/mol. The van der Waals surface area contributed by atoms with E-state index in [0.29, 0.717) is 25.2 Å². The van der Waals surface area contributed by atoms with Gasteiger partial charge in [-0.2, -0.15) is 0 Å². The van der Waals surface area contributed by atoms with Gasteiger partial charge in [0, 0.05) is 29.6 Å². The monoisotopic (exact) mass is 482 g/mol. The normalized spacial score (nSPS) is 12.4. The molecule has 36 heavy (non-hydrogen) atoms. The molecule has 0 radical (unpaired) electrons. The molecule has 5 aromatic rings. The lowest BCUT2D eigenvalue weighted by Gasteiger charge is -2.30. The van der Waals surface area contributed by atoms with Crippen molar-refractivity contribution >= 4 is 10.9 Å². The number of pyridine rings is 1. The molecular weight excluding hydrogens is 452 g/mol. The van der Waals surface area contributed by atoms with Gasteiger partial charge in [0.25, 0.3) is 5.56 Å². The Hall–Kier alpha value is -4.04. The van der Waals surface area contributed by atoms with Crippen molar-refractivity contribution in [3.63, 3.8) is 0 Å². The molecule has 0 saturated heterocycles. The van der Waals surface area contributed by atoms with Crippen molar-refractivity contribution in [1.82, 2.24) is 30.1 Å². The van der Waals surface area contributed by atoms with Gasteiger partial charge >= 0.3 is 0 Å². The highest BCUT2D eigenvalue weighted by atomic mass is 16.3. The van der Waals surface area contributed by atoms with Gasteiger partial charge in [-0.05, 0) is 71.7 Å². The number of benzene rings is 2. The molecule has 0 saturated carbocycles. The maximum Gasteiger partial charge on any atom is 0.252 e. The van der Waals surface area contributed by atoms with Crippen molar-refractivity contribution < 1.29 is 4.42 Å². The van der Waals surface area contributed by atoms with Crippen LogP contribution in [0.2, 0.25) is 0 Å². The second-order valence-electron chi connectivity index (χ2n) is 9.26. The van der Waals surface area contributed by atoms with E-state index in [4.69, 9.17) is 4.42 Å². The van der Waals surface area contributed by atoms with E-state index in [1.807, 2.05) is 49.4 Å². The summed E-state index contributed by atoms with van der Waals surface area (Å²) in [5.74, 6) is 1.53. The smallest absolute Gasteiger partial charge is 0.252 e. The highest BCUT2D eigenvalue weighted by molar-refractivity contribution is 5.83. The van der Waals surface area contributed by atoms with Crippen molar-refractivity contribution in [3.8, 4) is 0 Å². The third-order valence-electron chi connectivity index (χ3n) is 6.56. The molecule has 3 heterocycles. The number of aryl methyl sites for hydroxylation is 2. The zero-order valence-electron chi connectivity index (χ0n) is 20.8. The molecular formula is C28H30N6O2. The van der Waals surface area contributed by atoms with E-state index in [9.17, 15) is 4.79 Å². The first-order valence-corrected chi connectivity index (χ1v) is 12.2. The summed E-state index contributed by atoms with van der Waals surface area (Å²) >= 11 is 0. The van der Waals surface area contributed by atoms with Crippen LogP contribution in [-0.4, -0.2) is 30.1 Å². The van der Waals surface area contributed by atoms with Crippen LogP contribution in [0.3, 0.4) is 0 Å². The molecule has 8 nitrogen and oxygen atoms in total. The standard InChI is InChI=1S/C28H30N6O2/c1-4-26(27-30-31-32-34(27)18-23-11-8-12-36-23)33(16-21-9-6-5-7-10-21)17-22-15-24-20(3)13-19(2)14-25(24)29-28(22)35/h5-15,26H,4,16-18H2,1-3H3,(H,29,35)/t26-/m1/s1. The minimum Gasteiger partial charge on any atom is -0.467 e. The van der Waals surface area contributed by atoms with Crippen molar-refractivity contribution in [2.45, 2.75) is 52.9 Å². The second-order valence-corrected chi connectivity index (χ2v) is 9.26. The van der Waals surface area contributed by atoms with Gasteiger partial charge in [0.05, 0.1) is 12.3 Å². The summed E-state index contributed by atoms with van der Waals surface area (Å²) in [6, 6.07) is 20.1. The van der Waals surface area contributed by atoms with Crippen LogP contribution in [0.4, 0.5) is 0 Å². The van der Waals surface area contributed by atoms with Crippen LogP contribution in [-0.2, 0) is 19.6 Å². The van der Waals surface area contributed by atoms with E-state index in [2.05, 4.69) is 57.5 Å². The molecule has 0 spiro atoms. The molecule has 0 fully saturated rings. The van der Waals surface area contributed by atoms with E-state index < -0.39 is 0 Å². The molecule has 2 aromatic carbocycles. The fourth-order valence-electron chi connectivity index (χ4n) is 4.86. The number of tetrazole rings is 1. The number of rotatable bonds is 9. The maximum absolute atomic E-state index is 13.2. The molecule has 0 unspecified atom stereocenters. The molecule has 1 atom stereocenters. The van der Waals surface area contributed by atoms with Gasteiger partial charge in [-0.25, -0.2) is 4.68 Å². The second kappa shape index (κ2) is 10.3. The lowest BCUT2D eigenvalue weighted by Crippen LogP contribution is -2.32. The summed E-state index contributed by atoms with van der Waals surface area (Å²) in [5.41, 5.74) is 4.94. The van der Waals surface area contributed by atoms with Gasteiger partial charge < -0.3 is 9.40 Å². The highest BCUT2D eigenvalue weighted by Crippen LogP contribution is 2.27. The Kier molecular flexibility index (Phi) is 6.77. The Labute approximate surface area is 209 Å². The largest absolute Gasteiger partial charge is 0.467 e. The number of furan rings is 1. The lowest BCUT2D eigenvalue weighted by atomic mass is 10.0. The number of nitrogens with zero attached hydrogens (tertiary/aromatic N) is 5. The fourth-order valence-corrected chi connectivity index (χ4v) is 4.86. The number of H-pyrrole nitrogens is 1. The molecule has 1 N–H and O–H groups in total. The van der Waals surface area contributed by atoms with E-state index in [0.717, 1.165) is 45.6 Å². The zero-order valence-corrected chi connectivity index (χ0v) is 20.8. The van der Waals surface area contributed by atoms with Crippen molar-refractivity contribution in [3.05, 3.63) is 111 Å². The number of aromatic nitrogens is 5. The number of aromatic amines is 1. The van der Waals surface area contributed by atoms with Crippen LogP contribution in [0.25, 0.3) is 10.9 Å². The van der Waals surface area contributed by atoms with Gasteiger partial charge in [-0.15, -0.1) is 5.10 Å². The Morgan fingerprint density at radius 3 is 2.64 bits per heavy atom. The molecule has 0 aliphatic heterocycles. The van der Waals surface area contributed by atoms with Crippen molar-refractivity contribution in [1.29, 1.82) is 0 Å². The maximum atomic E-state index is 13.2. The van der Waals surface area contributed by atoms with E-state index in [1.165, 1.54) is 0 Å². The molecule has 0 aliphatic rings. The third kappa shape index (κ3) is 4.99. The first-order chi connectivity index (χ1) is 17.5. The molecule has 0 aliphatic carbocycles. The first kappa shape index (κ1) is 23.7. The number of nitrogens with one attached hydrogen (secondary N) is 1. The molecule has 8 heteroatoms. The van der Waals surface area contributed by atoms with Gasteiger partial charge in [0.15, 0.2) is 5.82 Å². The average molecular weight is 483 g/mol. The van der Waals surface area contributed by atoms with Crippen LogP contribution in [0.1, 0.15) is 53.2 Å². The van der Waals surface area contributed by atoms with Gasteiger partial charge in [-0.1, -0.05) is 43.3 Å². The molecule has 3 aromatic heterocycles. The van der Waals surface area contributed by atoms with Gasteiger partial charge in [0.1, 0.15) is 12.3 Å². The van der Waals surface area contributed by atoms with Crippen LogP contribution in [0.5, 0.6) is 0 Å². The summed E-state index contributed by atoms with van der Waals surface area (Å²) < 4.78 is 7.31. The predicted octanol–water partition coefficient (Wildman–Crippen LogP) is 4.93. The average Bonchev–Trinajstić information content (AvgIpc) is 3.54. The van der Waals surface area contributed by atoms with Crippen LogP contribution in [0.15, 0.2) is 76.1 Å². The fraction of sp³-hybridized carbons (Fsp3) is 0.286. The summed E-state index contributed by atoms with van der Waals surface area (Å²) in [6.07, 6.45) is 2.42. The molecule has 184 valence electrons. The van der Waals surface area contributed by atoms with E-state index in [-0.39, 0.29) is 11.6 Å². The van der Waals surface area contributed by atoms with E-state index in [1.54, 1.807) is 10.9 Å². The summed E-state index contributed by atoms with van der Waals surface area (Å²) in [7, 11) is 0. The number of hydrogen-bond acceptors (Lipinski definition) is 6. The summed E-state index contributed by atoms with van der Waals surface area (Å²) in [5, 5.41) is 13.7. The van der Waals surface area contributed by atoms with E-state index >= 15 is 0 Å². The molecule has 0 bridgehead atoms. The Morgan fingerprint density at radius 2 is 1.89 bits per heavy atom. The van der Waals surface area contributed by atoms with Crippen LogP contribution >= 0.6 is 0 Å². The lowest BCUT2D eigenvalue weighted by molar-refractivity contribution is 0.161. The number of fused-ring (bicyclic) bond motifs is 1. The van der Waals surface area contributed by atoms with Crippen molar-refractivity contribution in [2.75, 3.05) is 0 Å². The SMILES string of the molecule is CC[C@H](c1nnnn1Cc1ccco1)N(Cc1ccccc1)Cc1cc2c(C)cc(C)cc2[nH]c1=O. The summed E-state index contributed by atoms with van der Waals surface area (Å²) in [4.78, 5) is 18.6. The third-order valence-corrected chi connectivity index (χ3v) is 6.56. The van der Waals surface area contributed by atoms with Gasteiger partial charge in [-0.3, -0.25) is 9.69 Å². The quantitative estimate of drug-likeness (QED) is 0.320. The minimum atomic E-state index is -0.107. The van der Waals surface area contributed by atoms with Crippen LogP contribution in [0, 0.1) is 13.8 Å².